The van der Waals surface area contributed by atoms with Crippen LogP contribution in [0.4, 0.5) is 5.82 Å². The van der Waals surface area contributed by atoms with Gasteiger partial charge in [0.05, 0.1) is 11.5 Å². The van der Waals surface area contributed by atoms with Crippen LogP contribution in [0.1, 0.15) is 36.4 Å². The number of hydrogen-bond acceptors (Lipinski definition) is 5. The number of aromatic amines is 1. The number of aryl methyl sites for hydroxylation is 1. The second kappa shape index (κ2) is 7.98. The van der Waals surface area contributed by atoms with Crippen LogP contribution in [0.3, 0.4) is 0 Å². The van der Waals surface area contributed by atoms with Crippen molar-refractivity contribution < 1.29 is 17.9 Å². The van der Waals surface area contributed by atoms with Crippen molar-refractivity contribution in [1.29, 1.82) is 0 Å². The van der Waals surface area contributed by atoms with E-state index in [0.29, 0.717) is 24.8 Å². The molecule has 2 heterocycles. The molecule has 1 aromatic carbocycles. The minimum Gasteiger partial charge on any atom is -0.381 e. The number of sulfonamides is 1. The molecule has 1 aliphatic heterocycles. The molecule has 1 aliphatic rings. The number of carbonyl (C=O) groups is 1. The SMILES string of the molecule is NS(=O)(=O)c1ccc(CCC(=O)Nc2cc(C3CCCOC3)[nH]n2)cc1. The fourth-order valence-corrected chi connectivity index (χ4v) is 3.42. The van der Waals surface area contributed by atoms with E-state index in [0.717, 1.165) is 30.7 Å². The number of ether oxygens (including phenoxy) is 1. The second-order valence-corrected chi connectivity index (χ2v) is 7.92. The lowest BCUT2D eigenvalue weighted by molar-refractivity contribution is -0.116. The van der Waals surface area contributed by atoms with Crippen LogP contribution in [-0.4, -0.2) is 37.7 Å². The Kier molecular flexibility index (Phi) is 5.70. The summed E-state index contributed by atoms with van der Waals surface area (Å²) in [4.78, 5) is 12.1. The van der Waals surface area contributed by atoms with Gasteiger partial charge in [-0.05, 0) is 37.0 Å². The molecule has 9 heteroatoms. The van der Waals surface area contributed by atoms with Gasteiger partial charge in [-0.1, -0.05) is 12.1 Å². The number of nitrogens with two attached hydrogens (primary N) is 1. The number of carbonyl (C=O) groups excluding carboxylic acids is 1. The lowest BCUT2D eigenvalue weighted by Crippen LogP contribution is -2.15. The minimum absolute atomic E-state index is 0.0569. The normalized spacial score (nSPS) is 17.8. The van der Waals surface area contributed by atoms with Crippen LogP contribution in [0.5, 0.6) is 0 Å². The first-order valence-electron chi connectivity index (χ1n) is 8.46. The lowest BCUT2D eigenvalue weighted by Gasteiger charge is -2.20. The average molecular weight is 378 g/mol. The number of rotatable bonds is 6. The molecule has 4 N–H and O–H groups in total. The third kappa shape index (κ3) is 4.90. The van der Waals surface area contributed by atoms with Crippen molar-refractivity contribution in [3.05, 3.63) is 41.6 Å². The number of anilines is 1. The number of aromatic nitrogens is 2. The molecule has 1 aromatic heterocycles. The Morgan fingerprint density at radius 3 is 2.77 bits per heavy atom. The highest BCUT2D eigenvalue weighted by Gasteiger charge is 2.18. The van der Waals surface area contributed by atoms with Crippen molar-refractivity contribution >= 4 is 21.7 Å². The summed E-state index contributed by atoms with van der Waals surface area (Å²) in [5.74, 6) is 0.637. The van der Waals surface area contributed by atoms with Crippen LogP contribution in [0.15, 0.2) is 35.2 Å². The fraction of sp³-hybridized carbons (Fsp3) is 0.412. The van der Waals surface area contributed by atoms with Crippen molar-refractivity contribution in [1.82, 2.24) is 10.2 Å². The minimum atomic E-state index is -3.70. The molecule has 0 spiro atoms. The van der Waals surface area contributed by atoms with Crippen LogP contribution in [0, 0.1) is 0 Å². The monoisotopic (exact) mass is 378 g/mol. The number of H-pyrrole nitrogens is 1. The van der Waals surface area contributed by atoms with Gasteiger partial charge in [0.2, 0.25) is 15.9 Å². The molecule has 8 nitrogen and oxygen atoms in total. The summed E-state index contributed by atoms with van der Waals surface area (Å²) in [5.41, 5.74) is 1.83. The topological polar surface area (TPSA) is 127 Å². The Morgan fingerprint density at radius 1 is 1.35 bits per heavy atom. The highest BCUT2D eigenvalue weighted by Crippen LogP contribution is 2.25. The number of hydrogen-bond donors (Lipinski definition) is 3. The predicted molar refractivity (Wildman–Crippen MR) is 96.1 cm³/mol. The van der Waals surface area contributed by atoms with Gasteiger partial charge in [0.1, 0.15) is 0 Å². The molecule has 1 saturated heterocycles. The highest BCUT2D eigenvalue weighted by atomic mass is 32.2. The number of benzene rings is 1. The van der Waals surface area contributed by atoms with E-state index in [1.165, 1.54) is 12.1 Å². The maximum atomic E-state index is 12.1. The van der Waals surface area contributed by atoms with E-state index in [-0.39, 0.29) is 17.2 Å². The molecule has 1 amide bonds. The quantitative estimate of drug-likeness (QED) is 0.702. The van der Waals surface area contributed by atoms with Gasteiger partial charge >= 0.3 is 0 Å². The van der Waals surface area contributed by atoms with Crippen molar-refractivity contribution in [2.75, 3.05) is 18.5 Å². The highest BCUT2D eigenvalue weighted by molar-refractivity contribution is 7.89. The molecule has 2 aromatic rings. The molecule has 26 heavy (non-hydrogen) atoms. The summed E-state index contributed by atoms with van der Waals surface area (Å²) < 4.78 is 27.9. The van der Waals surface area contributed by atoms with Gasteiger partial charge in [-0.15, -0.1) is 0 Å². The average Bonchev–Trinajstić information content (AvgIpc) is 3.09. The summed E-state index contributed by atoms with van der Waals surface area (Å²) in [7, 11) is -3.70. The van der Waals surface area contributed by atoms with Crippen molar-refractivity contribution in [2.24, 2.45) is 5.14 Å². The third-order valence-electron chi connectivity index (χ3n) is 4.36. The maximum Gasteiger partial charge on any atom is 0.238 e. The summed E-state index contributed by atoms with van der Waals surface area (Å²) in [5, 5.41) is 14.9. The van der Waals surface area contributed by atoms with Crippen LogP contribution in [0.25, 0.3) is 0 Å². The van der Waals surface area contributed by atoms with E-state index < -0.39 is 10.0 Å². The molecular weight excluding hydrogens is 356 g/mol. The van der Waals surface area contributed by atoms with Crippen molar-refractivity contribution in [2.45, 2.75) is 36.5 Å². The molecule has 1 unspecified atom stereocenters. The molecule has 3 rings (SSSR count). The zero-order valence-corrected chi connectivity index (χ0v) is 15.1. The number of nitrogens with one attached hydrogen (secondary N) is 2. The Labute approximate surface area is 152 Å². The van der Waals surface area contributed by atoms with Crippen LogP contribution in [-0.2, 0) is 26.0 Å². The van der Waals surface area contributed by atoms with Gasteiger partial charge in [-0.3, -0.25) is 9.89 Å². The molecule has 1 fully saturated rings. The van der Waals surface area contributed by atoms with Gasteiger partial charge in [0.25, 0.3) is 0 Å². The van der Waals surface area contributed by atoms with Gasteiger partial charge in [0, 0.05) is 30.7 Å². The standard InChI is InChI=1S/C17H22N4O4S/c18-26(23,24)14-6-3-12(4-7-14)5-8-17(22)19-16-10-15(20-21-16)13-2-1-9-25-11-13/h3-4,6-7,10,13H,1-2,5,8-9,11H2,(H2,18,23,24)(H2,19,20,21,22). The van der Waals surface area contributed by atoms with Crippen molar-refractivity contribution in [3.63, 3.8) is 0 Å². The first-order valence-corrected chi connectivity index (χ1v) is 10.0. The maximum absolute atomic E-state index is 12.1. The van der Waals surface area contributed by atoms with Gasteiger partial charge in [-0.2, -0.15) is 5.10 Å². The van der Waals surface area contributed by atoms with E-state index in [9.17, 15) is 13.2 Å². The molecule has 0 radical (unpaired) electrons. The van der Waals surface area contributed by atoms with Crippen LogP contribution in [0.2, 0.25) is 0 Å². The summed E-state index contributed by atoms with van der Waals surface area (Å²) in [6, 6.07) is 8.03. The zero-order valence-electron chi connectivity index (χ0n) is 14.3. The van der Waals surface area contributed by atoms with Crippen molar-refractivity contribution in [3.8, 4) is 0 Å². The fourth-order valence-electron chi connectivity index (χ4n) is 2.90. The summed E-state index contributed by atoms with van der Waals surface area (Å²) in [6.45, 7) is 1.47. The lowest BCUT2D eigenvalue weighted by atomic mass is 9.99. The van der Waals surface area contributed by atoms with E-state index >= 15 is 0 Å². The first kappa shape index (κ1) is 18.6. The molecular formula is C17H22N4O4S. The Balaban J connectivity index is 1.50. The van der Waals surface area contributed by atoms with E-state index in [1.54, 1.807) is 12.1 Å². The Hall–Kier alpha value is -2.23. The van der Waals surface area contributed by atoms with Gasteiger partial charge in [-0.25, -0.2) is 13.6 Å². The Bertz CT molecular complexity index is 855. The molecule has 0 aliphatic carbocycles. The number of amides is 1. The summed E-state index contributed by atoms with van der Waals surface area (Å²) >= 11 is 0. The second-order valence-electron chi connectivity index (χ2n) is 6.36. The largest absolute Gasteiger partial charge is 0.381 e. The van der Waals surface area contributed by atoms with E-state index in [4.69, 9.17) is 9.88 Å². The van der Waals surface area contributed by atoms with Crippen LogP contribution < -0.4 is 10.5 Å². The predicted octanol–water partition coefficient (Wildman–Crippen LogP) is 1.52. The Morgan fingerprint density at radius 2 is 2.12 bits per heavy atom. The van der Waals surface area contributed by atoms with E-state index in [1.807, 2.05) is 6.07 Å². The van der Waals surface area contributed by atoms with Gasteiger partial charge < -0.3 is 10.1 Å². The van der Waals surface area contributed by atoms with Gasteiger partial charge in [0.15, 0.2) is 5.82 Å². The first-order chi connectivity index (χ1) is 12.4. The molecule has 0 saturated carbocycles. The molecule has 0 bridgehead atoms. The number of primary sulfonamides is 1. The molecule has 1 atom stereocenters. The number of nitrogens with zero attached hydrogens (tertiary/aromatic N) is 1. The summed E-state index contributed by atoms with van der Waals surface area (Å²) in [6.07, 6.45) is 2.83. The van der Waals surface area contributed by atoms with E-state index in [2.05, 4.69) is 15.5 Å². The third-order valence-corrected chi connectivity index (χ3v) is 5.29. The smallest absolute Gasteiger partial charge is 0.238 e. The zero-order chi connectivity index (χ0) is 18.6. The molecule has 140 valence electrons. The van der Waals surface area contributed by atoms with Crippen LogP contribution >= 0.6 is 0 Å².